The van der Waals surface area contributed by atoms with Crippen LogP contribution < -0.4 is 5.32 Å². The second kappa shape index (κ2) is 5.67. The van der Waals surface area contributed by atoms with Crippen molar-refractivity contribution in [3.05, 3.63) is 0 Å². The van der Waals surface area contributed by atoms with Gasteiger partial charge in [-0.05, 0) is 46.5 Å². The van der Waals surface area contributed by atoms with Crippen LogP contribution in [0.3, 0.4) is 0 Å². The number of amides is 1. The number of carbonyl (C=O) groups excluding carboxylic acids is 1. The van der Waals surface area contributed by atoms with Crippen LogP contribution in [0, 0.1) is 0 Å². The number of aliphatic hydroxyl groups is 1. The molecule has 2 N–H and O–H groups in total. The van der Waals surface area contributed by atoms with Gasteiger partial charge in [-0.2, -0.15) is 0 Å². The molecule has 110 valence electrons. The van der Waals surface area contributed by atoms with Crippen molar-refractivity contribution < 1.29 is 14.6 Å². The lowest BCUT2D eigenvalue weighted by Gasteiger charge is -2.39. The van der Waals surface area contributed by atoms with E-state index in [0.717, 1.165) is 38.8 Å². The number of nitrogens with one attached hydrogen (secondary N) is 1. The first-order chi connectivity index (χ1) is 8.83. The van der Waals surface area contributed by atoms with E-state index in [1.165, 1.54) is 0 Å². The molecule has 2 fully saturated rings. The van der Waals surface area contributed by atoms with Crippen molar-refractivity contribution in [1.29, 1.82) is 0 Å². The van der Waals surface area contributed by atoms with Crippen molar-refractivity contribution in [3.63, 3.8) is 0 Å². The Labute approximate surface area is 115 Å². The minimum Gasteiger partial charge on any atom is -0.444 e. The first-order valence-corrected chi connectivity index (χ1v) is 7.25. The molecule has 0 aromatic carbocycles. The number of piperidine rings is 1. The zero-order valence-corrected chi connectivity index (χ0v) is 12.2. The number of rotatable bonds is 2. The molecular weight excluding hydrogens is 244 g/mol. The highest BCUT2D eigenvalue weighted by Gasteiger charge is 2.31. The van der Waals surface area contributed by atoms with Gasteiger partial charge in [0.2, 0.25) is 0 Å². The van der Waals surface area contributed by atoms with Gasteiger partial charge in [0.1, 0.15) is 5.60 Å². The highest BCUT2D eigenvalue weighted by molar-refractivity contribution is 5.68. The molecular formula is C14H26N2O3. The molecule has 2 rings (SSSR count). The van der Waals surface area contributed by atoms with Crippen LogP contribution in [0.15, 0.2) is 0 Å². The third-order valence-electron chi connectivity index (χ3n) is 3.73. The fraction of sp³-hybridized carbons (Fsp3) is 0.929. The van der Waals surface area contributed by atoms with Gasteiger partial charge in [0.05, 0.1) is 6.10 Å². The highest BCUT2D eigenvalue weighted by Crippen LogP contribution is 2.22. The number of likely N-dealkylation sites (tertiary alicyclic amines) is 1. The van der Waals surface area contributed by atoms with E-state index in [0.29, 0.717) is 12.1 Å². The lowest BCUT2D eigenvalue weighted by Crippen LogP contribution is -2.52. The predicted octanol–water partition coefficient (Wildman–Crippen LogP) is 1.50. The van der Waals surface area contributed by atoms with Crippen LogP contribution in [-0.4, -0.2) is 53.0 Å². The molecule has 2 aliphatic rings. The van der Waals surface area contributed by atoms with E-state index < -0.39 is 5.60 Å². The Bertz CT molecular complexity index is 313. The highest BCUT2D eigenvalue weighted by atomic mass is 16.6. The maximum Gasteiger partial charge on any atom is 0.410 e. The average molecular weight is 270 g/mol. The molecule has 1 aliphatic carbocycles. The Morgan fingerprint density at radius 1 is 1.21 bits per heavy atom. The van der Waals surface area contributed by atoms with Crippen molar-refractivity contribution in [1.82, 2.24) is 10.2 Å². The quantitative estimate of drug-likeness (QED) is 0.798. The summed E-state index contributed by atoms with van der Waals surface area (Å²) >= 11 is 0. The molecule has 1 saturated heterocycles. The molecule has 0 unspecified atom stereocenters. The van der Waals surface area contributed by atoms with Crippen molar-refractivity contribution >= 4 is 6.09 Å². The van der Waals surface area contributed by atoms with E-state index >= 15 is 0 Å². The lowest BCUT2D eigenvalue weighted by atomic mass is 9.88. The Morgan fingerprint density at radius 3 is 2.26 bits per heavy atom. The van der Waals surface area contributed by atoms with Crippen LogP contribution in [-0.2, 0) is 4.74 Å². The molecule has 0 spiro atoms. The second-order valence-corrected chi connectivity index (χ2v) is 6.73. The first-order valence-electron chi connectivity index (χ1n) is 7.25. The van der Waals surface area contributed by atoms with Gasteiger partial charge < -0.3 is 20.1 Å². The van der Waals surface area contributed by atoms with Crippen LogP contribution in [0.4, 0.5) is 4.79 Å². The summed E-state index contributed by atoms with van der Waals surface area (Å²) in [4.78, 5) is 13.7. The number of carbonyl (C=O) groups is 1. The summed E-state index contributed by atoms with van der Waals surface area (Å²) in [5, 5.41) is 12.8. The van der Waals surface area contributed by atoms with Crippen molar-refractivity contribution in [2.45, 2.75) is 70.2 Å². The monoisotopic (exact) mass is 270 g/mol. The molecule has 1 saturated carbocycles. The largest absolute Gasteiger partial charge is 0.444 e. The van der Waals surface area contributed by atoms with Gasteiger partial charge in [-0.1, -0.05) is 0 Å². The number of aliphatic hydroxyl groups excluding tert-OH is 1. The Hall–Kier alpha value is -0.810. The normalized spacial score (nSPS) is 28.9. The fourth-order valence-electron chi connectivity index (χ4n) is 2.61. The Balaban J connectivity index is 1.68. The van der Waals surface area contributed by atoms with Gasteiger partial charge in [-0.3, -0.25) is 0 Å². The summed E-state index contributed by atoms with van der Waals surface area (Å²) in [6, 6.07) is 0.935. The van der Waals surface area contributed by atoms with Crippen LogP contribution in [0.2, 0.25) is 0 Å². The molecule has 0 aromatic rings. The van der Waals surface area contributed by atoms with E-state index in [4.69, 9.17) is 4.74 Å². The molecule has 1 heterocycles. The van der Waals surface area contributed by atoms with E-state index in [2.05, 4.69) is 5.32 Å². The van der Waals surface area contributed by atoms with Gasteiger partial charge in [0.15, 0.2) is 0 Å². The number of ether oxygens (including phenoxy) is 1. The van der Waals surface area contributed by atoms with Crippen LogP contribution in [0.25, 0.3) is 0 Å². The summed E-state index contributed by atoms with van der Waals surface area (Å²) in [5.41, 5.74) is -0.422. The molecule has 0 atom stereocenters. The number of hydrogen-bond acceptors (Lipinski definition) is 4. The topological polar surface area (TPSA) is 61.8 Å². The fourth-order valence-corrected chi connectivity index (χ4v) is 2.61. The van der Waals surface area contributed by atoms with Crippen molar-refractivity contribution in [3.8, 4) is 0 Å². The maximum absolute atomic E-state index is 11.9. The van der Waals surface area contributed by atoms with Crippen LogP contribution in [0.5, 0.6) is 0 Å². The van der Waals surface area contributed by atoms with Crippen LogP contribution in [0.1, 0.15) is 46.5 Å². The molecule has 1 aliphatic heterocycles. The van der Waals surface area contributed by atoms with Gasteiger partial charge in [0.25, 0.3) is 0 Å². The third kappa shape index (κ3) is 4.35. The van der Waals surface area contributed by atoms with Gasteiger partial charge in [-0.25, -0.2) is 4.79 Å². The minimum atomic E-state index is -0.422. The summed E-state index contributed by atoms with van der Waals surface area (Å²) in [5.74, 6) is 0. The van der Waals surface area contributed by atoms with Gasteiger partial charge >= 0.3 is 6.09 Å². The predicted molar refractivity (Wildman–Crippen MR) is 73.0 cm³/mol. The second-order valence-electron chi connectivity index (χ2n) is 6.73. The van der Waals surface area contributed by atoms with E-state index in [9.17, 15) is 9.90 Å². The average Bonchev–Trinajstić information content (AvgIpc) is 2.25. The summed E-state index contributed by atoms with van der Waals surface area (Å²) in [6.45, 7) is 7.17. The smallest absolute Gasteiger partial charge is 0.410 e. The van der Waals surface area contributed by atoms with Crippen molar-refractivity contribution in [2.75, 3.05) is 13.1 Å². The summed E-state index contributed by atoms with van der Waals surface area (Å²) < 4.78 is 5.37. The number of hydrogen-bond donors (Lipinski definition) is 2. The molecule has 5 heteroatoms. The van der Waals surface area contributed by atoms with Gasteiger partial charge in [-0.15, -0.1) is 0 Å². The third-order valence-corrected chi connectivity index (χ3v) is 3.73. The Kier molecular flexibility index (Phi) is 4.36. The van der Waals surface area contributed by atoms with E-state index in [1.807, 2.05) is 20.8 Å². The minimum absolute atomic E-state index is 0.112. The molecule has 0 radical (unpaired) electrons. The Morgan fingerprint density at radius 2 is 1.79 bits per heavy atom. The zero-order chi connectivity index (χ0) is 14.0. The lowest BCUT2D eigenvalue weighted by molar-refractivity contribution is 0.0172. The van der Waals surface area contributed by atoms with Crippen molar-refractivity contribution in [2.24, 2.45) is 0 Å². The molecule has 19 heavy (non-hydrogen) atoms. The molecule has 1 amide bonds. The summed E-state index contributed by atoms with van der Waals surface area (Å²) in [7, 11) is 0. The standard InChI is InChI=1S/C14H26N2O3/c1-14(2,3)19-13(18)16-6-4-10(5-7-16)15-11-8-12(17)9-11/h10-12,15,17H,4-9H2,1-3H3. The van der Waals surface area contributed by atoms with E-state index in [-0.39, 0.29) is 12.2 Å². The zero-order valence-electron chi connectivity index (χ0n) is 12.2. The maximum atomic E-state index is 11.9. The molecule has 0 aromatic heterocycles. The number of nitrogens with zero attached hydrogens (tertiary/aromatic N) is 1. The first kappa shape index (κ1) is 14.6. The van der Waals surface area contributed by atoms with E-state index in [1.54, 1.807) is 4.90 Å². The molecule has 5 nitrogen and oxygen atoms in total. The van der Waals surface area contributed by atoms with Crippen LogP contribution >= 0.6 is 0 Å². The SMILES string of the molecule is CC(C)(C)OC(=O)N1CCC(NC2CC(O)C2)CC1. The molecule has 0 bridgehead atoms. The van der Waals surface area contributed by atoms with Gasteiger partial charge in [0, 0.05) is 25.2 Å². The summed E-state index contributed by atoms with van der Waals surface area (Å²) in [6.07, 6.45) is 3.35.